The predicted molar refractivity (Wildman–Crippen MR) is 78.3 cm³/mol. The minimum atomic E-state index is -0.471. The van der Waals surface area contributed by atoms with Crippen molar-refractivity contribution in [2.75, 3.05) is 0 Å². The minimum Gasteiger partial charge on any atom is -0.485 e. The van der Waals surface area contributed by atoms with Gasteiger partial charge in [-0.15, -0.1) is 0 Å². The van der Waals surface area contributed by atoms with Crippen LogP contribution in [-0.2, 0) is 0 Å². The topological polar surface area (TPSA) is 29.5 Å². The van der Waals surface area contributed by atoms with E-state index in [0.29, 0.717) is 6.42 Å². The molecular formula is C16H15BrO2. The fraction of sp³-hybridized carbons (Fsp3) is 0.250. The third-order valence-corrected chi connectivity index (χ3v) is 4.07. The molecule has 0 bridgehead atoms. The van der Waals surface area contributed by atoms with Gasteiger partial charge in [-0.3, -0.25) is 0 Å². The molecule has 2 aromatic carbocycles. The van der Waals surface area contributed by atoms with Crippen LogP contribution in [0, 0.1) is 6.92 Å². The summed E-state index contributed by atoms with van der Waals surface area (Å²) >= 11 is 3.44. The van der Waals surface area contributed by atoms with Gasteiger partial charge in [0.25, 0.3) is 0 Å². The molecule has 0 saturated carbocycles. The second-order valence-corrected chi connectivity index (χ2v) is 5.81. The Bertz CT molecular complexity index is 609. The number of fused-ring (bicyclic) bond motifs is 1. The first-order valence-corrected chi connectivity index (χ1v) is 7.14. The van der Waals surface area contributed by atoms with Crippen LogP contribution in [0.2, 0.25) is 0 Å². The summed E-state index contributed by atoms with van der Waals surface area (Å²) < 4.78 is 7.02. The van der Waals surface area contributed by atoms with Gasteiger partial charge in [-0.25, -0.2) is 0 Å². The fourth-order valence-electron chi connectivity index (χ4n) is 2.56. The Labute approximate surface area is 121 Å². The summed E-state index contributed by atoms with van der Waals surface area (Å²) in [6, 6.07) is 13.9. The standard InChI is InChI=1S/C16H15BrO2/c1-10-4-2-3-5-12(10)16-9-14(18)13-7-6-11(17)8-15(13)19-16/h2-8,14,16,18H,9H2,1H3. The van der Waals surface area contributed by atoms with Crippen molar-refractivity contribution in [3.63, 3.8) is 0 Å². The lowest BCUT2D eigenvalue weighted by atomic mass is 9.93. The molecule has 0 amide bonds. The SMILES string of the molecule is Cc1ccccc1C1CC(O)c2ccc(Br)cc2O1. The van der Waals surface area contributed by atoms with Crippen molar-refractivity contribution in [3.8, 4) is 5.75 Å². The van der Waals surface area contributed by atoms with Crippen LogP contribution in [0.1, 0.15) is 35.3 Å². The van der Waals surface area contributed by atoms with Gasteiger partial charge in [0, 0.05) is 16.5 Å². The van der Waals surface area contributed by atoms with Gasteiger partial charge in [0.2, 0.25) is 0 Å². The van der Waals surface area contributed by atoms with Crippen molar-refractivity contribution < 1.29 is 9.84 Å². The molecule has 2 nitrogen and oxygen atoms in total. The molecule has 3 rings (SSSR count). The van der Waals surface area contributed by atoms with Crippen LogP contribution in [0.15, 0.2) is 46.9 Å². The van der Waals surface area contributed by atoms with Gasteiger partial charge in [-0.1, -0.05) is 46.3 Å². The number of aryl methyl sites for hydroxylation is 1. The van der Waals surface area contributed by atoms with Crippen molar-refractivity contribution in [2.24, 2.45) is 0 Å². The average Bonchev–Trinajstić information content (AvgIpc) is 2.38. The molecule has 98 valence electrons. The lowest BCUT2D eigenvalue weighted by Crippen LogP contribution is -2.19. The summed E-state index contributed by atoms with van der Waals surface area (Å²) in [5.41, 5.74) is 3.21. The molecule has 0 fully saturated rings. The van der Waals surface area contributed by atoms with E-state index in [9.17, 15) is 5.11 Å². The Morgan fingerprint density at radius 2 is 1.95 bits per heavy atom. The van der Waals surface area contributed by atoms with Crippen molar-refractivity contribution >= 4 is 15.9 Å². The molecule has 19 heavy (non-hydrogen) atoms. The van der Waals surface area contributed by atoms with E-state index in [0.717, 1.165) is 21.3 Å². The molecule has 0 saturated heterocycles. The van der Waals surface area contributed by atoms with Gasteiger partial charge in [0.15, 0.2) is 0 Å². The van der Waals surface area contributed by atoms with E-state index in [4.69, 9.17) is 4.74 Å². The Kier molecular flexibility index (Phi) is 3.33. The van der Waals surface area contributed by atoms with Crippen LogP contribution in [0.3, 0.4) is 0 Å². The zero-order valence-electron chi connectivity index (χ0n) is 10.6. The largest absolute Gasteiger partial charge is 0.485 e. The molecule has 2 atom stereocenters. The molecule has 1 aliphatic rings. The zero-order valence-corrected chi connectivity index (χ0v) is 12.2. The summed E-state index contributed by atoms with van der Waals surface area (Å²) in [4.78, 5) is 0. The third kappa shape index (κ3) is 2.40. The first kappa shape index (κ1) is 12.7. The molecule has 1 heterocycles. The Morgan fingerprint density at radius 1 is 1.16 bits per heavy atom. The van der Waals surface area contributed by atoms with Gasteiger partial charge < -0.3 is 9.84 Å². The highest BCUT2D eigenvalue weighted by molar-refractivity contribution is 9.10. The lowest BCUT2D eigenvalue weighted by molar-refractivity contribution is 0.0654. The van der Waals surface area contributed by atoms with Gasteiger partial charge in [0.1, 0.15) is 11.9 Å². The smallest absolute Gasteiger partial charge is 0.127 e. The van der Waals surface area contributed by atoms with Crippen molar-refractivity contribution in [1.29, 1.82) is 0 Å². The summed E-state index contributed by atoms with van der Waals surface area (Å²) in [7, 11) is 0. The molecule has 0 radical (unpaired) electrons. The number of benzene rings is 2. The van der Waals surface area contributed by atoms with E-state index in [1.165, 1.54) is 5.56 Å². The number of hydrogen-bond acceptors (Lipinski definition) is 2. The number of aliphatic hydroxyl groups excluding tert-OH is 1. The van der Waals surface area contributed by atoms with Gasteiger partial charge >= 0.3 is 0 Å². The fourth-order valence-corrected chi connectivity index (χ4v) is 2.90. The second kappa shape index (κ2) is 4.99. The van der Waals surface area contributed by atoms with Crippen LogP contribution in [-0.4, -0.2) is 5.11 Å². The number of aliphatic hydroxyl groups is 1. The minimum absolute atomic E-state index is 0.0852. The van der Waals surface area contributed by atoms with Crippen LogP contribution < -0.4 is 4.74 Å². The Balaban J connectivity index is 1.99. The van der Waals surface area contributed by atoms with Crippen LogP contribution in [0.25, 0.3) is 0 Å². The first-order valence-electron chi connectivity index (χ1n) is 6.35. The van der Waals surface area contributed by atoms with Crippen molar-refractivity contribution in [2.45, 2.75) is 25.6 Å². The Hall–Kier alpha value is -1.32. The molecule has 1 aliphatic heterocycles. The molecule has 3 heteroatoms. The van der Waals surface area contributed by atoms with E-state index in [1.807, 2.05) is 30.3 Å². The summed E-state index contributed by atoms with van der Waals surface area (Å²) in [6.07, 6.45) is 0.0407. The van der Waals surface area contributed by atoms with Gasteiger partial charge in [-0.05, 0) is 30.2 Å². The summed E-state index contributed by atoms with van der Waals surface area (Å²) in [5.74, 6) is 0.765. The Morgan fingerprint density at radius 3 is 2.74 bits per heavy atom. The van der Waals surface area contributed by atoms with E-state index < -0.39 is 6.10 Å². The van der Waals surface area contributed by atoms with Crippen molar-refractivity contribution in [3.05, 3.63) is 63.6 Å². The highest BCUT2D eigenvalue weighted by atomic mass is 79.9. The van der Waals surface area contributed by atoms with E-state index in [1.54, 1.807) is 0 Å². The normalized spacial score (nSPS) is 21.6. The van der Waals surface area contributed by atoms with Crippen LogP contribution in [0.4, 0.5) is 0 Å². The van der Waals surface area contributed by atoms with E-state index in [-0.39, 0.29) is 6.10 Å². The number of halogens is 1. The predicted octanol–water partition coefficient (Wildman–Crippen LogP) is 4.31. The monoisotopic (exact) mass is 318 g/mol. The quantitative estimate of drug-likeness (QED) is 0.848. The molecule has 0 spiro atoms. The third-order valence-electron chi connectivity index (χ3n) is 3.58. The number of ether oxygens (including phenoxy) is 1. The van der Waals surface area contributed by atoms with E-state index >= 15 is 0 Å². The maximum absolute atomic E-state index is 10.3. The molecule has 2 unspecified atom stereocenters. The molecule has 1 N–H and O–H groups in total. The van der Waals surface area contributed by atoms with Gasteiger partial charge in [-0.2, -0.15) is 0 Å². The maximum atomic E-state index is 10.3. The summed E-state index contributed by atoms with van der Waals surface area (Å²) in [5, 5.41) is 10.3. The first-order chi connectivity index (χ1) is 9.15. The highest BCUT2D eigenvalue weighted by Gasteiger charge is 2.28. The summed E-state index contributed by atoms with van der Waals surface area (Å²) in [6.45, 7) is 2.07. The molecule has 2 aromatic rings. The molecule has 0 aromatic heterocycles. The van der Waals surface area contributed by atoms with Crippen LogP contribution >= 0.6 is 15.9 Å². The second-order valence-electron chi connectivity index (χ2n) is 4.90. The molecular weight excluding hydrogens is 304 g/mol. The number of hydrogen-bond donors (Lipinski definition) is 1. The zero-order chi connectivity index (χ0) is 13.4. The highest BCUT2D eigenvalue weighted by Crippen LogP contribution is 2.42. The van der Waals surface area contributed by atoms with Gasteiger partial charge in [0.05, 0.1) is 6.10 Å². The number of rotatable bonds is 1. The van der Waals surface area contributed by atoms with Crippen LogP contribution in [0.5, 0.6) is 5.75 Å². The van der Waals surface area contributed by atoms with Crippen molar-refractivity contribution in [1.82, 2.24) is 0 Å². The maximum Gasteiger partial charge on any atom is 0.127 e. The average molecular weight is 319 g/mol. The molecule has 0 aliphatic carbocycles. The van der Waals surface area contributed by atoms with E-state index in [2.05, 4.69) is 35.0 Å². The lowest BCUT2D eigenvalue weighted by Gasteiger charge is -2.30.